The molecule has 1 atom stereocenters. The minimum Gasteiger partial charge on any atom is -0.454 e. The van der Waals surface area contributed by atoms with Crippen molar-refractivity contribution in [3.8, 4) is 11.5 Å². The summed E-state index contributed by atoms with van der Waals surface area (Å²) in [4.78, 5) is 18.2. The molecule has 150 valence electrons. The Morgan fingerprint density at radius 3 is 2.76 bits per heavy atom. The molecule has 1 aliphatic heterocycles. The van der Waals surface area contributed by atoms with Crippen LogP contribution in [0, 0.1) is 6.92 Å². The van der Waals surface area contributed by atoms with Crippen molar-refractivity contribution in [2.24, 2.45) is 0 Å². The summed E-state index contributed by atoms with van der Waals surface area (Å²) in [6.07, 6.45) is 0.291. The van der Waals surface area contributed by atoms with E-state index in [4.69, 9.17) is 9.47 Å². The Morgan fingerprint density at radius 2 is 1.93 bits per heavy atom. The third kappa shape index (κ3) is 5.13. The van der Waals surface area contributed by atoms with Crippen molar-refractivity contribution >= 4 is 22.9 Å². The predicted octanol–water partition coefficient (Wildman–Crippen LogP) is 2.58. The minimum atomic E-state index is -0.0455. The molecule has 7 heteroatoms. The Morgan fingerprint density at radius 1 is 1.14 bits per heavy atom. The van der Waals surface area contributed by atoms with Crippen LogP contribution in [0.2, 0.25) is 0 Å². The quantitative estimate of drug-likeness (QED) is 0.628. The van der Waals surface area contributed by atoms with Gasteiger partial charge in [-0.25, -0.2) is 4.98 Å². The summed E-state index contributed by atoms with van der Waals surface area (Å²) in [7, 11) is 2.13. The van der Waals surface area contributed by atoms with Crippen molar-refractivity contribution in [2.75, 3.05) is 19.2 Å². The number of nitrogens with zero attached hydrogens (tertiary/aromatic N) is 1. The third-order valence-electron chi connectivity index (χ3n) is 4.67. The van der Waals surface area contributed by atoms with Gasteiger partial charge in [-0.3, -0.25) is 4.79 Å². The summed E-state index contributed by atoms with van der Waals surface area (Å²) in [5.74, 6) is 1.57. The number of anilines is 1. The van der Waals surface area contributed by atoms with E-state index in [9.17, 15) is 4.79 Å². The van der Waals surface area contributed by atoms with Crippen LogP contribution in [0.4, 0.5) is 5.69 Å². The molecule has 29 heavy (non-hydrogen) atoms. The van der Waals surface area contributed by atoms with Crippen LogP contribution in [0.5, 0.6) is 11.5 Å². The molecular formula is C22H24N3O3S+. The summed E-state index contributed by atoms with van der Waals surface area (Å²) < 4.78 is 10.8. The average Bonchev–Trinajstić information content (AvgIpc) is 3.32. The molecule has 1 unspecified atom stereocenters. The van der Waals surface area contributed by atoms with E-state index in [2.05, 4.69) is 23.4 Å². The summed E-state index contributed by atoms with van der Waals surface area (Å²) in [5.41, 5.74) is 4.18. The van der Waals surface area contributed by atoms with E-state index >= 15 is 0 Å². The van der Waals surface area contributed by atoms with Crippen LogP contribution in [0.3, 0.4) is 0 Å². The summed E-state index contributed by atoms with van der Waals surface area (Å²) in [6, 6.07) is 13.8. The molecule has 2 aromatic carbocycles. The third-order valence-corrected chi connectivity index (χ3v) is 5.57. The highest BCUT2D eigenvalue weighted by Gasteiger charge is 2.16. The smallest absolute Gasteiger partial charge is 0.231 e. The van der Waals surface area contributed by atoms with Gasteiger partial charge in [0.05, 0.1) is 13.5 Å². The molecular weight excluding hydrogens is 386 g/mol. The fourth-order valence-corrected chi connectivity index (χ4v) is 4.05. The SMILES string of the molecule is Cc1ccc(NC(=O)Cc2nc(C[NH+](C)Cc3ccc4c(c3)OCO4)cs2)cc1. The van der Waals surface area contributed by atoms with Gasteiger partial charge in [-0.2, -0.15) is 0 Å². The first-order chi connectivity index (χ1) is 14.0. The highest BCUT2D eigenvalue weighted by Crippen LogP contribution is 2.32. The monoisotopic (exact) mass is 410 g/mol. The Labute approximate surface area is 174 Å². The lowest BCUT2D eigenvalue weighted by molar-refractivity contribution is -0.908. The lowest BCUT2D eigenvalue weighted by Crippen LogP contribution is -3.06. The highest BCUT2D eigenvalue weighted by atomic mass is 32.1. The maximum Gasteiger partial charge on any atom is 0.231 e. The number of fused-ring (bicyclic) bond motifs is 1. The van der Waals surface area contributed by atoms with Gasteiger partial charge in [0, 0.05) is 16.6 Å². The second-order valence-corrected chi connectivity index (χ2v) is 8.26. The number of benzene rings is 2. The van der Waals surface area contributed by atoms with Gasteiger partial charge >= 0.3 is 0 Å². The number of nitrogens with one attached hydrogen (secondary N) is 2. The van der Waals surface area contributed by atoms with Crippen LogP contribution in [0.1, 0.15) is 21.8 Å². The van der Waals surface area contributed by atoms with Gasteiger partial charge in [0.2, 0.25) is 12.7 Å². The molecule has 0 spiro atoms. The molecule has 0 saturated heterocycles. The van der Waals surface area contributed by atoms with Crippen molar-refractivity contribution in [3.05, 3.63) is 69.7 Å². The Balaban J connectivity index is 1.29. The minimum absolute atomic E-state index is 0.0455. The molecule has 0 saturated carbocycles. The number of carbonyl (C=O) groups excluding carboxylic acids is 1. The van der Waals surface area contributed by atoms with E-state index in [1.807, 2.05) is 48.7 Å². The van der Waals surface area contributed by atoms with E-state index in [1.165, 1.54) is 27.4 Å². The topological polar surface area (TPSA) is 64.9 Å². The Kier molecular flexibility index (Phi) is 5.78. The van der Waals surface area contributed by atoms with Gasteiger partial charge in [-0.05, 0) is 37.3 Å². The first-order valence-electron chi connectivity index (χ1n) is 9.55. The maximum atomic E-state index is 12.3. The lowest BCUT2D eigenvalue weighted by Gasteiger charge is -2.13. The molecule has 4 rings (SSSR count). The fraction of sp³-hybridized carbons (Fsp3) is 0.273. The number of carbonyl (C=O) groups is 1. The fourth-order valence-electron chi connectivity index (χ4n) is 3.26. The standard InChI is InChI=1S/C22H23N3O3S/c1-15-3-6-17(7-4-15)23-21(26)10-22-24-18(13-29-22)12-25(2)11-16-5-8-19-20(9-16)28-14-27-19/h3-9,13H,10-12,14H2,1-2H3,(H,23,26)/p+1. The molecule has 1 aromatic heterocycles. The van der Waals surface area contributed by atoms with Crippen molar-refractivity contribution in [3.63, 3.8) is 0 Å². The van der Waals surface area contributed by atoms with Gasteiger partial charge < -0.3 is 19.7 Å². The number of rotatable bonds is 7. The normalized spacial score (nSPS) is 13.3. The second-order valence-electron chi connectivity index (χ2n) is 7.32. The van der Waals surface area contributed by atoms with E-state index in [0.717, 1.165) is 41.0 Å². The predicted molar refractivity (Wildman–Crippen MR) is 112 cm³/mol. The molecule has 6 nitrogen and oxygen atoms in total. The van der Waals surface area contributed by atoms with Crippen LogP contribution in [-0.2, 0) is 24.3 Å². The van der Waals surface area contributed by atoms with Gasteiger partial charge in [0.1, 0.15) is 23.8 Å². The number of thiazole rings is 1. The van der Waals surface area contributed by atoms with Crippen molar-refractivity contribution < 1.29 is 19.2 Å². The molecule has 2 N–H and O–H groups in total. The largest absolute Gasteiger partial charge is 0.454 e. The highest BCUT2D eigenvalue weighted by molar-refractivity contribution is 7.09. The molecule has 0 aliphatic carbocycles. The van der Waals surface area contributed by atoms with E-state index < -0.39 is 0 Å². The number of hydrogen-bond acceptors (Lipinski definition) is 5. The zero-order valence-corrected chi connectivity index (χ0v) is 17.3. The summed E-state index contributed by atoms with van der Waals surface area (Å²) in [5, 5.41) is 5.79. The average molecular weight is 411 g/mol. The first-order valence-corrected chi connectivity index (χ1v) is 10.4. The molecule has 1 amide bonds. The number of ether oxygens (including phenoxy) is 2. The first kappa shape index (κ1) is 19.4. The molecule has 3 aromatic rings. The zero-order chi connectivity index (χ0) is 20.2. The van der Waals surface area contributed by atoms with Crippen LogP contribution in [0.15, 0.2) is 47.8 Å². The lowest BCUT2D eigenvalue weighted by atomic mass is 10.2. The Bertz CT molecular complexity index is 1000. The van der Waals surface area contributed by atoms with Crippen LogP contribution < -0.4 is 19.7 Å². The van der Waals surface area contributed by atoms with Crippen molar-refractivity contribution in [1.29, 1.82) is 0 Å². The molecule has 0 bridgehead atoms. The van der Waals surface area contributed by atoms with Gasteiger partial charge in [-0.1, -0.05) is 17.7 Å². The van der Waals surface area contributed by atoms with E-state index in [-0.39, 0.29) is 5.91 Å². The number of aromatic nitrogens is 1. The Hall–Kier alpha value is -2.90. The molecule has 0 radical (unpaired) electrons. The zero-order valence-electron chi connectivity index (χ0n) is 16.5. The molecule has 1 aliphatic rings. The van der Waals surface area contributed by atoms with Gasteiger partial charge in [0.25, 0.3) is 0 Å². The number of aryl methyl sites for hydroxylation is 1. The van der Waals surface area contributed by atoms with Gasteiger partial charge in [-0.15, -0.1) is 11.3 Å². The number of quaternary nitrogens is 1. The molecule has 0 fully saturated rings. The van der Waals surface area contributed by atoms with Crippen LogP contribution in [0.25, 0.3) is 0 Å². The van der Waals surface area contributed by atoms with Crippen molar-refractivity contribution in [2.45, 2.75) is 26.4 Å². The van der Waals surface area contributed by atoms with Crippen LogP contribution in [-0.4, -0.2) is 24.7 Å². The van der Waals surface area contributed by atoms with Gasteiger partial charge in [0.15, 0.2) is 11.5 Å². The maximum absolute atomic E-state index is 12.3. The summed E-state index contributed by atoms with van der Waals surface area (Å²) >= 11 is 1.53. The van der Waals surface area contributed by atoms with Crippen LogP contribution >= 0.6 is 11.3 Å². The van der Waals surface area contributed by atoms with E-state index in [0.29, 0.717) is 13.2 Å². The number of hydrogen-bond donors (Lipinski definition) is 2. The summed E-state index contributed by atoms with van der Waals surface area (Å²) in [6.45, 7) is 3.97. The molecule has 2 heterocycles. The number of amides is 1. The van der Waals surface area contributed by atoms with Crippen molar-refractivity contribution in [1.82, 2.24) is 4.98 Å². The second kappa shape index (κ2) is 8.63. The van der Waals surface area contributed by atoms with E-state index in [1.54, 1.807) is 0 Å².